The largest absolute Gasteiger partial charge is 0.339 e. The molecule has 0 bridgehead atoms. The average molecular weight is 405 g/mol. The fourth-order valence-corrected chi connectivity index (χ4v) is 3.37. The number of carbonyl (C=O) groups excluding carboxylic acids is 3. The van der Waals surface area contributed by atoms with Gasteiger partial charge in [0.05, 0.1) is 0 Å². The Morgan fingerprint density at radius 1 is 0.967 bits per heavy atom. The van der Waals surface area contributed by atoms with Crippen LogP contribution >= 0.6 is 0 Å². The van der Waals surface area contributed by atoms with Gasteiger partial charge in [0.15, 0.2) is 0 Å². The van der Waals surface area contributed by atoms with E-state index in [0.29, 0.717) is 43.7 Å². The molecule has 1 saturated heterocycles. The molecule has 0 aliphatic carbocycles. The zero-order valence-electron chi connectivity index (χ0n) is 17.1. The SMILES string of the molecule is CCC(=O)Nc1cccc(NC(=O)C2CCN(C(=O)/C=C/c3ccccc3)CC2)c1. The number of anilines is 2. The van der Waals surface area contributed by atoms with Gasteiger partial charge in [0.25, 0.3) is 0 Å². The van der Waals surface area contributed by atoms with E-state index in [4.69, 9.17) is 0 Å². The van der Waals surface area contributed by atoms with E-state index < -0.39 is 0 Å². The Morgan fingerprint density at radius 3 is 2.30 bits per heavy atom. The Morgan fingerprint density at radius 2 is 1.63 bits per heavy atom. The number of carbonyl (C=O) groups is 3. The first kappa shape index (κ1) is 21.3. The summed E-state index contributed by atoms with van der Waals surface area (Å²) in [6.07, 6.45) is 5.05. The van der Waals surface area contributed by atoms with Gasteiger partial charge in [-0.15, -0.1) is 0 Å². The van der Waals surface area contributed by atoms with E-state index in [0.717, 1.165) is 5.56 Å². The van der Waals surface area contributed by atoms with E-state index in [1.54, 1.807) is 42.2 Å². The summed E-state index contributed by atoms with van der Waals surface area (Å²) >= 11 is 0. The van der Waals surface area contributed by atoms with Crippen LogP contribution in [0.1, 0.15) is 31.7 Å². The summed E-state index contributed by atoms with van der Waals surface area (Å²) in [5, 5.41) is 5.71. The van der Waals surface area contributed by atoms with Gasteiger partial charge in [-0.3, -0.25) is 14.4 Å². The number of nitrogens with one attached hydrogen (secondary N) is 2. The molecule has 2 aromatic carbocycles. The van der Waals surface area contributed by atoms with Gasteiger partial charge in [-0.2, -0.15) is 0 Å². The zero-order chi connectivity index (χ0) is 21.3. The molecule has 2 N–H and O–H groups in total. The fourth-order valence-electron chi connectivity index (χ4n) is 3.37. The van der Waals surface area contributed by atoms with Crippen molar-refractivity contribution in [2.24, 2.45) is 5.92 Å². The molecule has 2 aromatic rings. The number of amides is 3. The lowest BCUT2D eigenvalue weighted by molar-refractivity contribution is -0.130. The molecule has 3 amide bonds. The van der Waals surface area contributed by atoms with Gasteiger partial charge in [-0.25, -0.2) is 0 Å². The third-order valence-electron chi connectivity index (χ3n) is 5.13. The molecule has 30 heavy (non-hydrogen) atoms. The van der Waals surface area contributed by atoms with Crippen LogP contribution in [0.5, 0.6) is 0 Å². The van der Waals surface area contributed by atoms with E-state index >= 15 is 0 Å². The minimum absolute atomic E-state index is 0.0305. The lowest BCUT2D eigenvalue weighted by Gasteiger charge is -2.30. The predicted octanol–water partition coefficient (Wildman–Crippen LogP) is 3.93. The second-order valence-electron chi connectivity index (χ2n) is 7.32. The molecule has 1 aliphatic rings. The van der Waals surface area contributed by atoms with Gasteiger partial charge >= 0.3 is 0 Å². The van der Waals surface area contributed by atoms with E-state index in [-0.39, 0.29) is 23.6 Å². The highest BCUT2D eigenvalue weighted by molar-refractivity contribution is 5.95. The van der Waals surface area contributed by atoms with E-state index in [2.05, 4.69) is 10.6 Å². The van der Waals surface area contributed by atoms with Crippen LogP contribution in [-0.4, -0.2) is 35.7 Å². The van der Waals surface area contributed by atoms with Crippen molar-refractivity contribution >= 4 is 35.2 Å². The first-order valence-corrected chi connectivity index (χ1v) is 10.3. The number of benzene rings is 2. The summed E-state index contributed by atoms with van der Waals surface area (Å²) < 4.78 is 0. The first-order chi connectivity index (χ1) is 14.5. The molecule has 6 heteroatoms. The van der Waals surface area contributed by atoms with Gasteiger partial charge < -0.3 is 15.5 Å². The molecule has 0 spiro atoms. The highest BCUT2D eigenvalue weighted by atomic mass is 16.2. The van der Waals surface area contributed by atoms with Crippen LogP contribution < -0.4 is 10.6 Å². The molecule has 6 nitrogen and oxygen atoms in total. The highest BCUT2D eigenvalue weighted by Crippen LogP contribution is 2.21. The van der Waals surface area contributed by atoms with Gasteiger partial charge in [0.2, 0.25) is 17.7 Å². The normalized spacial score (nSPS) is 14.5. The minimum Gasteiger partial charge on any atom is -0.339 e. The van der Waals surface area contributed by atoms with E-state index in [1.165, 1.54) is 0 Å². The molecule has 0 aromatic heterocycles. The number of piperidine rings is 1. The fraction of sp³-hybridized carbons (Fsp3) is 0.292. The van der Waals surface area contributed by atoms with Crippen molar-refractivity contribution in [2.75, 3.05) is 23.7 Å². The second kappa shape index (κ2) is 10.4. The maximum Gasteiger partial charge on any atom is 0.246 e. The topological polar surface area (TPSA) is 78.5 Å². The molecule has 1 heterocycles. The second-order valence-corrected chi connectivity index (χ2v) is 7.32. The molecule has 3 rings (SSSR count). The lowest BCUT2D eigenvalue weighted by Crippen LogP contribution is -2.40. The number of likely N-dealkylation sites (tertiary alicyclic amines) is 1. The summed E-state index contributed by atoms with van der Waals surface area (Å²) in [5.74, 6) is -0.296. The van der Waals surface area contributed by atoms with Crippen LogP contribution in [0, 0.1) is 5.92 Å². The van der Waals surface area contributed by atoms with Crippen molar-refractivity contribution in [1.29, 1.82) is 0 Å². The van der Waals surface area contributed by atoms with Crippen LogP contribution in [-0.2, 0) is 14.4 Å². The average Bonchev–Trinajstić information content (AvgIpc) is 2.78. The molecule has 1 aliphatic heterocycles. The molecular weight excluding hydrogens is 378 g/mol. The molecule has 0 radical (unpaired) electrons. The molecule has 156 valence electrons. The lowest BCUT2D eigenvalue weighted by atomic mass is 9.95. The Kier molecular flexibility index (Phi) is 7.38. The maximum atomic E-state index is 12.6. The number of hydrogen-bond donors (Lipinski definition) is 2. The summed E-state index contributed by atoms with van der Waals surface area (Å²) in [6.45, 7) is 2.90. The van der Waals surface area contributed by atoms with Crippen molar-refractivity contribution in [2.45, 2.75) is 26.2 Å². The summed E-state index contributed by atoms with van der Waals surface area (Å²) in [6, 6.07) is 16.8. The highest BCUT2D eigenvalue weighted by Gasteiger charge is 2.26. The summed E-state index contributed by atoms with van der Waals surface area (Å²) in [5.41, 5.74) is 2.29. The van der Waals surface area contributed by atoms with Gasteiger partial charge in [0.1, 0.15) is 0 Å². The van der Waals surface area contributed by atoms with E-state index in [1.807, 2.05) is 36.4 Å². The van der Waals surface area contributed by atoms with Crippen LogP contribution in [0.3, 0.4) is 0 Å². The molecule has 0 saturated carbocycles. The first-order valence-electron chi connectivity index (χ1n) is 10.3. The zero-order valence-corrected chi connectivity index (χ0v) is 17.1. The Hall–Kier alpha value is -3.41. The third kappa shape index (κ3) is 6.04. The third-order valence-corrected chi connectivity index (χ3v) is 5.13. The predicted molar refractivity (Wildman–Crippen MR) is 119 cm³/mol. The Bertz CT molecular complexity index is 916. The summed E-state index contributed by atoms with van der Waals surface area (Å²) in [7, 11) is 0. The van der Waals surface area contributed by atoms with Crippen molar-refractivity contribution in [3.63, 3.8) is 0 Å². The molecule has 1 fully saturated rings. The van der Waals surface area contributed by atoms with Crippen molar-refractivity contribution in [3.8, 4) is 0 Å². The van der Waals surface area contributed by atoms with Crippen LogP contribution in [0.25, 0.3) is 6.08 Å². The van der Waals surface area contributed by atoms with Crippen molar-refractivity contribution in [1.82, 2.24) is 4.90 Å². The van der Waals surface area contributed by atoms with Crippen LogP contribution in [0.2, 0.25) is 0 Å². The smallest absolute Gasteiger partial charge is 0.246 e. The standard InChI is InChI=1S/C24H27N3O3/c1-2-22(28)25-20-9-6-10-21(17-20)26-24(30)19-13-15-27(16-14-19)23(29)12-11-18-7-4-3-5-8-18/h3-12,17,19H,2,13-16H2,1H3,(H,25,28)(H,26,30)/b12-11+. The van der Waals surface area contributed by atoms with Gasteiger partial charge in [-0.1, -0.05) is 43.3 Å². The maximum absolute atomic E-state index is 12.6. The number of rotatable bonds is 6. The summed E-state index contributed by atoms with van der Waals surface area (Å²) in [4.78, 5) is 38.3. The molecule has 0 atom stereocenters. The quantitative estimate of drug-likeness (QED) is 0.715. The van der Waals surface area contributed by atoms with Crippen molar-refractivity contribution in [3.05, 3.63) is 66.2 Å². The Balaban J connectivity index is 1.49. The number of nitrogens with zero attached hydrogens (tertiary/aromatic N) is 1. The monoisotopic (exact) mass is 405 g/mol. The Labute approximate surface area is 177 Å². The molecular formula is C24H27N3O3. The minimum atomic E-state index is -0.138. The van der Waals surface area contributed by atoms with Crippen LogP contribution in [0.15, 0.2) is 60.7 Å². The number of hydrogen-bond acceptors (Lipinski definition) is 3. The van der Waals surface area contributed by atoms with Crippen molar-refractivity contribution < 1.29 is 14.4 Å². The van der Waals surface area contributed by atoms with Crippen LogP contribution in [0.4, 0.5) is 11.4 Å². The van der Waals surface area contributed by atoms with Gasteiger partial charge in [-0.05, 0) is 42.7 Å². The molecule has 0 unspecified atom stereocenters. The van der Waals surface area contributed by atoms with Gasteiger partial charge in [0, 0.05) is 42.9 Å². The van der Waals surface area contributed by atoms with E-state index in [9.17, 15) is 14.4 Å².